The van der Waals surface area contributed by atoms with E-state index in [-0.39, 0.29) is 0 Å². The molecule has 4 rings (SSSR count). The van der Waals surface area contributed by atoms with Gasteiger partial charge in [-0.15, -0.1) is 0 Å². The molecule has 4 nitrogen and oxygen atoms in total. The third-order valence-electron chi connectivity index (χ3n) is 4.17. The summed E-state index contributed by atoms with van der Waals surface area (Å²) >= 11 is 2.38. The van der Waals surface area contributed by atoms with Gasteiger partial charge in [0.15, 0.2) is 0 Å². The zero-order valence-corrected chi connectivity index (χ0v) is 15.6. The summed E-state index contributed by atoms with van der Waals surface area (Å²) in [6.45, 7) is 3.58. The molecule has 0 aliphatic carbocycles. The lowest BCUT2D eigenvalue weighted by atomic mass is 10.1. The number of benzene rings is 2. The van der Waals surface area contributed by atoms with Gasteiger partial charge in [-0.25, -0.2) is 4.68 Å². The number of hydrogen-bond donors (Lipinski definition) is 1. The van der Waals surface area contributed by atoms with Crippen LogP contribution in [0.3, 0.4) is 0 Å². The molecule has 3 aromatic rings. The van der Waals surface area contributed by atoms with Gasteiger partial charge in [-0.3, -0.25) is 0 Å². The molecule has 122 valence electrons. The Hall–Kier alpha value is -2.02. The van der Waals surface area contributed by atoms with Gasteiger partial charge in [-0.05, 0) is 54.1 Å². The number of halogens is 1. The first-order valence-electron chi connectivity index (χ1n) is 8.12. The molecule has 2 heterocycles. The van der Waals surface area contributed by atoms with E-state index in [1.807, 2.05) is 29.8 Å². The first-order valence-corrected chi connectivity index (χ1v) is 9.20. The van der Waals surface area contributed by atoms with Crippen molar-refractivity contribution >= 4 is 28.4 Å². The molecule has 0 radical (unpaired) electrons. The molecule has 0 bridgehead atoms. The predicted molar refractivity (Wildman–Crippen MR) is 105 cm³/mol. The molecule has 0 atom stereocenters. The van der Waals surface area contributed by atoms with Gasteiger partial charge in [-0.2, -0.15) is 5.10 Å². The van der Waals surface area contributed by atoms with E-state index >= 15 is 0 Å². The van der Waals surface area contributed by atoms with Crippen LogP contribution < -0.4 is 10.1 Å². The molecular weight excluding hydrogens is 413 g/mol. The Kier molecular flexibility index (Phi) is 4.18. The van der Waals surface area contributed by atoms with Crippen molar-refractivity contribution in [2.24, 2.45) is 0 Å². The van der Waals surface area contributed by atoms with Gasteiger partial charge < -0.3 is 10.1 Å². The van der Waals surface area contributed by atoms with E-state index in [0.29, 0.717) is 6.61 Å². The van der Waals surface area contributed by atoms with Crippen molar-refractivity contribution in [3.63, 3.8) is 0 Å². The number of fused-ring (bicyclic) bond motifs is 1. The molecule has 5 heteroatoms. The molecule has 1 aliphatic heterocycles. The molecule has 24 heavy (non-hydrogen) atoms. The van der Waals surface area contributed by atoms with E-state index in [4.69, 9.17) is 9.84 Å². The standard InChI is InChI=1S/C19H18IN3O/c1-2-24-17-10-6-5-9-16(17)23-19-14(11-12-21-19)18(22-23)13-7-3-4-8-15(13)20/h3-10,21H,2,11-12H2,1H3. The fourth-order valence-corrected chi connectivity index (χ4v) is 3.77. The summed E-state index contributed by atoms with van der Waals surface area (Å²) in [6, 6.07) is 16.5. The van der Waals surface area contributed by atoms with Gasteiger partial charge >= 0.3 is 0 Å². The molecule has 2 aromatic carbocycles. The van der Waals surface area contributed by atoms with Gasteiger partial charge in [0.2, 0.25) is 0 Å². The van der Waals surface area contributed by atoms with E-state index in [0.717, 1.165) is 35.9 Å². The van der Waals surface area contributed by atoms with Crippen LogP contribution in [0.2, 0.25) is 0 Å². The quantitative estimate of drug-likeness (QED) is 0.618. The SMILES string of the molecule is CCOc1ccccc1-n1nc(-c2ccccc2I)c2c1NCC2. The highest BCUT2D eigenvalue weighted by molar-refractivity contribution is 14.1. The van der Waals surface area contributed by atoms with Gasteiger partial charge in [0.1, 0.15) is 17.3 Å². The number of nitrogens with one attached hydrogen (secondary N) is 1. The van der Waals surface area contributed by atoms with Crippen LogP contribution in [0, 0.1) is 3.57 Å². The third-order valence-corrected chi connectivity index (χ3v) is 5.11. The predicted octanol–water partition coefficient (Wildman–Crippen LogP) is 4.51. The summed E-state index contributed by atoms with van der Waals surface area (Å²) < 4.78 is 9.01. The molecule has 0 fully saturated rings. The number of aromatic nitrogens is 2. The lowest BCUT2D eigenvalue weighted by Gasteiger charge is -2.12. The summed E-state index contributed by atoms with van der Waals surface area (Å²) in [6.07, 6.45) is 0.993. The first-order chi connectivity index (χ1) is 11.8. The number of rotatable bonds is 4. The molecule has 1 N–H and O–H groups in total. The zero-order valence-electron chi connectivity index (χ0n) is 13.4. The van der Waals surface area contributed by atoms with Crippen LogP contribution in [0.25, 0.3) is 16.9 Å². The molecule has 0 unspecified atom stereocenters. The van der Waals surface area contributed by atoms with Crippen LogP contribution in [-0.4, -0.2) is 22.9 Å². The molecule has 0 saturated carbocycles. The van der Waals surface area contributed by atoms with Crippen LogP contribution in [0.4, 0.5) is 5.82 Å². The number of anilines is 1. The maximum absolute atomic E-state index is 5.80. The second-order valence-corrected chi connectivity index (χ2v) is 6.81. The Bertz CT molecular complexity index is 888. The molecule has 1 aliphatic rings. The Morgan fingerprint density at radius 1 is 1.17 bits per heavy atom. The maximum Gasteiger partial charge on any atom is 0.145 e. The minimum Gasteiger partial charge on any atom is -0.492 e. The van der Waals surface area contributed by atoms with E-state index in [1.54, 1.807) is 0 Å². The molecule has 0 saturated heterocycles. The highest BCUT2D eigenvalue weighted by Gasteiger charge is 2.25. The number of para-hydroxylation sites is 2. The second-order valence-electron chi connectivity index (χ2n) is 5.64. The third kappa shape index (κ3) is 2.56. The van der Waals surface area contributed by atoms with Crippen molar-refractivity contribution in [2.75, 3.05) is 18.5 Å². The average Bonchev–Trinajstić information content (AvgIpc) is 3.19. The monoisotopic (exact) mass is 431 g/mol. The van der Waals surface area contributed by atoms with Crippen LogP contribution in [0.15, 0.2) is 48.5 Å². The minimum absolute atomic E-state index is 0.636. The fraction of sp³-hybridized carbons (Fsp3) is 0.211. The molecule has 0 spiro atoms. The number of nitrogens with zero attached hydrogens (tertiary/aromatic N) is 2. The normalized spacial score (nSPS) is 12.8. The van der Waals surface area contributed by atoms with Gasteiger partial charge in [0.05, 0.1) is 12.3 Å². The van der Waals surface area contributed by atoms with E-state index < -0.39 is 0 Å². The fourth-order valence-electron chi connectivity index (χ4n) is 3.13. The largest absolute Gasteiger partial charge is 0.492 e. The average molecular weight is 431 g/mol. The topological polar surface area (TPSA) is 39.1 Å². The van der Waals surface area contributed by atoms with Gasteiger partial charge in [0.25, 0.3) is 0 Å². The first kappa shape index (κ1) is 15.5. The van der Waals surface area contributed by atoms with Crippen molar-refractivity contribution in [3.05, 3.63) is 57.7 Å². The molecule has 1 aromatic heterocycles. The van der Waals surface area contributed by atoms with Crippen LogP contribution >= 0.6 is 22.6 Å². The number of ether oxygens (including phenoxy) is 1. The van der Waals surface area contributed by atoms with Crippen molar-refractivity contribution in [1.29, 1.82) is 0 Å². The highest BCUT2D eigenvalue weighted by atomic mass is 127. The van der Waals surface area contributed by atoms with Crippen molar-refractivity contribution < 1.29 is 4.74 Å². The Balaban J connectivity index is 1.91. The summed E-state index contributed by atoms with van der Waals surface area (Å²) in [5, 5.41) is 8.43. The number of hydrogen-bond acceptors (Lipinski definition) is 3. The van der Waals surface area contributed by atoms with Crippen LogP contribution in [0.1, 0.15) is 12.5 Å². The summed E-state index contributed by atoms with van der Waals surface area (Å²) in [5.74, 6) is 1.94. The van der Waals surface area contributed by atoms with Gasteiger partial charge in [0, 0.05) is 21.2 Å². The van der Waals surface area contributed by atoms with E-state index in [1.165, 1.54) is 14.7 Å². The lowest BCUT2D eigenvalue weighted by molar-refractivity contribution is 0.338. The minimum atomic E-state index is 0.636. The Labute approximate surface area is 155 Å². The van der Waals surface area contributed by atoms with Crippen molar-refractivity contribution in [2.45, 2.75) is 13.3 Å². The van der Waals surface area contributed by atoms with Gasteiger partial charge in [-0.1, -0.05) is 30.3 Å². The van der Waals surface area contributed by atoms with Crippen LogP contribution in [0.5, 0.6) is 5.75 Å². The smallest absolute Gasteiger partial charge is 0.145 e. The second kappa shape index (κ2) is 6.47. The maximum atomic E-state index is 5.80. The summed E-state index contributed by atoms with van der Waals surface area (Å²) in [5.41, 5.74) is 4.50. The lowest BCUT2D eigenvalue weighted by Crippen LogP contribution is -2.06. The molecular formula is C19H18IN3O. The van der Waals surface area contributed by atoms with Crippen LogP contribution in [-0.2, 0) is 6.42 Å². The summed E-state index contributed by atoms with van der Waals surface area (Å²) in [7, 11) is 0. The van der Waals surface area contributed by atoms with Crippen molar-refractivity contribution in [1.82, 2.24) is 9.78 Å². The zero-order chi connectivity index (χ0) is 16.5. The van der Waals surface area contributed by atoms with Crippen molar-refractivity contribution in [3.8, 4) is 22.7 Å². The van der Waals surface area contributed by atoms with E-state index in [2.05, 4.69) is 58.2 Å². The summed E-state index contributed by atoms with van der Waals surface area (Å²) in [4.78, 5) is 0. The Morgan fingerprint density at radius 3 is 2.79 bits per heavy atom. The Morgan fingerprint density at radius 2 is 1.96 bits per heavy atom. The highest BCUT2D eigenvalue weighted by Crippen LogP contribution is 2.37. The van der Waals surface area contributed by atoms with E-state index in [9.17, 15) is 0 Å². The molecule has 0 amide bonds.